The molecule has 150 valence electrons. The molecule has 1 saturated heterocycles. The van der Waals surface area contributed by atoms with Crippen molar-refractivity contribution in [3.63, 3.8) is 0 Å². The number of aryl methyl sites for hydroxylation is 1. The van der Waals surface area contributed by atoms with E-state index in [-0.39, 0.29) is 5.60 Å². The highest BCUT2D eigenvalue weighted by Crippen LogP contribution is 2.45. The van der Waals surface area contributed by atoms with Crippen LogP contribution in [0.2, 0.25) is 0 Å². The highest BCUT2D eigenvalue weighted by Gasteiger charge is 2.43. The van der Waals surface area contributed by atoms with Crippen molar-refractivity contribution in [2.45, 2.75) is 44.0 Å². The van der Waals surface area contributed by atoms with Gasteiger partial charge in [-0.25, -0.2) is 0 Å². The lowest BCUT2D eigenvalue weighted by Gasteiger charge is -2.46. The molecule has 0 aromatic heterocycles. The van der Waals surface area contributed by atoms with Crippen molar-refractivity contribution in [2.24, 2.45) is 0 Å². The molecule has 1 fully saturated rings. The first-order valence-corrected chi connectivity index (χ1v) is 10.00. The fraction of sp³-hybridized carbons (Fsp3) is 0.478. The lowest BCUT2D eigenvalue weighted by atomic mass is 9.81. The zero-order valence-corrected chi connectivity index (χ0v) is 16.6. The average molecular weight is 383 g/mol. The number of benzene rings is 2. The summed E-state index contributed by atoms with van der Waals surface area (Å²) in [6.07, 6.45) is 1.26. The molecule has 1 spiro atoms. The number of β-amino-alcohol motifs (C(OH)–C–C–N with tert-alkyl or cyclic N) is 1. The first-order chi connectivity index (χ1) is 13.5. The molecule has 0 amide bonds. The summed E-state index contributed by atoms with van der Waals surface area (Å²) >= 11 is 0. The second kappa shape index (κ2) is 7.74. The smallest absolute Gasteiger partial charge is 0.126 e. The highest BCUT2D eigenvalue weighted by molar-refractivity contribution is 5.43. The van der Waals surface area contributed by atoms with Crippen LogP contribution >= 0.6 is 0 Å². The van der Waals surface area contributed by atoms with Gasteiger partial charge in [0.2, 0.25) is 0 Å². The number of piperidine rings is 1. The maximum atomic E-state index is 10.7. The van der Waals surface area contributed by atoms with Gasteiger partial charge in [-0.05, 0) is 43.5 Å². The zero-order chi connectivity index (χ0) is 19.7. The molecule has 0 unspecified atom stereocenters. The topological polar surface area (TPSA) is 62.2 Å². The van der Waals surface area contributed by atoms with E-state index in [2.05, 4.69) is 4.90 Å². The van der Waals surface area contributed by atoms with E-state index in [9.17, 15) is 10.2 Å². The Bertz CT molecular complexity index is 812. The quantitative estimate of drug-likeness (QED) is 0.847. The first-order valence-electron chi connectivity index (χ1n) is 10.00. The van der Waals surface area contributed by atoms with Gasteiger partial charge in [-0.2, -0.15) is 0 Å². The van der Waals surface area contributed by atoms with Gasteiger partial charge in [0, 0.05) is 31.6 Å². The predicted molar refractivity (Wildman–Crippen MR) is 108 cm³/mol. The molecule has 2 aliphatic heterocycles. The van der Waals surface area contributed by atoms with Gasteiger partial charge in [0.05, 0.1) is 19.3 Å². The molecule has 2 aromatic rings. The van der Waals surface area contributed by atoms with Crippen LogP contribution in [0.4, 0.5) is 0 Å². The Kier molecular flexibility index (Phi) is 5.32. The third kappa shape index (κ3) is 3.88. The Morgan fingerprint density at radius 2 is 1.89 bits per heavy atom. The molecule has 2 atom stereocenters. The number of likely N-dealkylation sites (tertiary alicyclic amines) is 1. The van der Waals surface area contributed by atoms with Crippen molar-refractivity contribution in [2.75, 3.05) is 26.7 Å². The van der Waals surface area contributed by atoms with Crippen molar-refractivity contribution < 1.29 is 19.7 Å². The SMILES string of the molecule is COc1ccc2c(c1)[C@@H](O)CC1(CCN(C[C@@H](O)c3ccc(C)cc3)CC1)O2. The highest BCUT2D eigenvalue weighted by atomic mass is 16.5. The van der Waals surface area contributed by atoms with Crippen LogP contribution in [0, 0.1) is 6.92 Å². The first kappa shape index (κ1) is 19.2. The van der Waals surface area contributed by atoms with Gasteiger partial charge in [0.25, 0.3) is 0 Å². The Labute approximate surface area is 166 Å². The van der Waals surface area contributed by atoms with Gasteiger partial charge in [-0.3, -0.25) is 0 Å². The standard InChI is InChI=1S/C23H29NO4/c1-16-3-5-17(6-4-16)21(26)15-24-11-9-23(10-12-24)14-20(25)19-13-18(27-2)7-8-22(19)28-23/h3-8,13,20-21,25-26H,9-12,14-15H2,1-2H3/t20-,21+/m0/s1. The fourth-order valence-electron chi connectivity index (χ4n) is 4.33. The molecule has 2 heterocycles. The number of methoxy groups -OCH3 is 1. The van der Waals surface area contributed by atoms with Gasteiger partial charge in [0.1, 0.15) is 17.1 Å². The Morgan fingerprint density at radius 1 is 1.18 bits per heavy atom. The number of ether oxygens (including phenoxy) is 2. The van der Waals surface area contributed by atoms with Gasteiger partial charge >= 0.3 is 0 Å². The van der Waals surface area contributed by atoms with Crippen LogP contribution in [-0.2, 0) is 0 Å². The van der Waals surface area contributed by atoms with Gasteiger partial charge in [0.15, 0.2) is 0 Å². The molecule has 0 aliphatic carbocycles. The summed E-state index contributed by atoms with van der Waals surface area (Å²) in [7, 11) is 1.63. The molecule has 2 aromatic carbocycles. The number of fused-ring (bicyclic) bond motifs is 1. The van der Waals surface area contributed by atoms with Gasteiger partial charge < -0.3 is 24.6 Å². The number of aliphatic hydroxyl groups excluding tert-OH is 2. The number of nitrogens with zero attached hydrogens (tertiary/aromatic N) is 1. The average Bonchev–Trinajstić information content (AvgIpc) is 2.70. The van der Waals surface area contributed by atoms with Crippen LogP contribution < -0.4 is 9.47 Å². The van der Waals surface area contributed by atoms with Crippen LogP contribution in [0.3, 0.4) is 0 Å². The second-order valence-corrected chi connectivity index (χ2v) is 8.14. The Hall–Kier alpha value is -2.08. The second-order valence-electron chi connectivity index (χ2n) is 8.14. The molecular weight excluding hydrogens is 354 g/mol. The van der Waals surface area contributed by atoms with E-state index in [1.54, 1.807) is 7.11 Å². The summed E-state index contributed by atoms with van der Waals surface area (Å²) in [6.45, 7) is 4.37. The molecule has 0 radical (unpaired) electrons. The van der Waals surface area contributed by atoms with E-state index < -0.39 is 12.2 Å². The molecule has 5 nitrogen and oxygen atoms in total. The largest absolute Gasteiger partial charge is 0.497 e. The minimum absolute atomic E-state index is 0.327. The number of rotatable bonds is 4. The molecule has 2 aliphatic rings. The number of hydrogen-bond donors (Lipinski definition) is 2. The van der Waals surface area contributed by atoms with Crippen LogP contribution in [-0.4, -0.2) is 47.5 Å². The lowest BCUT2D eigenvalue weighted by Crippen LogP contribution is -2.51. The molecule has 4 rings (SSSR count). The third-order valence-electron chi connectivity index (χ3n) is 6.13. The summed E-state index contributed by atoms with van der Waals surface area (Å²) in [4.78, 5) is 2.29. The summed E-state index contributed by atoms with van der Waals surface area (Å²) in [5, 5.41) is 21.3. The summed E-state index contributed by atoms with van der Waals surface area (Å²) in [6, 6.07) is 13.7. The Morgan fingerprint density at radius 3 is 2.57 bits per heavy atom. The van der Waals surface area contributed by atoms with E-state index in [1.165, 1.54) is 5.56 Å². The minimum atomic E-state index is -0.538. The van der Waals surface area contributed by atoms with Crippen molar-refractivity contribution >= 4 is 0 Å². The lowest BCUT2D eigenvalue weighted by molar-refractivity contribution is -0.0588. The van der Waals surface area contributed by atoms with Crippen molar-refractivity contribution in [3.8, 4) is 11.5 Å². The predicted octanol–water partition coefficient (Wildman–Crippen LogP) is 3.39. The van der Waals surface area contributed by atoms with E-state index in [1.807, 2.05) is 49.4 Å². The summed E-state index contributed by atoms with van der Waals surface area (Å²) < 4.78 is 11.6. The van der Waals surface area contributed by atoms with E-state index in [0.29, 0.717) is 13.0 Å². The van der Waals surface area contributed by atoms with Crippen LogP contribution in [0.15, 0.2) is 42.5 Å². The van der Waals surface area contributed by atoms with Gasteiger partial charge in [-0.15, -0.1) is 0 Å². The fourth-order valence-corrected chi connectivity index (χ4v) is 4.33. The molecule has 0 saturated carbocycles. The summed E-state index contributed by atoms with van der Waals surface area (Å²) in [5.41, 5.74) is 2.63. The Balaban J connectivity index is 1.39. The van der Waals surface area contributed by atoms with E-state index in [0.717, 1.165) is 48.6 Å². The molecule has 28 heavy (non-hydrogen) atoms. The molecule has 5 heteroatoms. The van der Waals surface area contributed by atoms with Gasteiger partial charge in [-0.1, -0.05) is 29.8 Å². The van der Waals surface area contributed by atoms with E-state index in [4.69, 9.17) is 9.47 Å². The normalized spacial score (nSPS) is 22.4. The van der Waals surface area contributed by atoms with Crippen molar-refractivity contribution in [1.29, 1.82) is 0 Å². The number of hydrogen-bond acceptors (Lipinski definition) is 5. The van der Waals surface area contributed by atoms with Crippen LogP contribution in [0.1, 0.15) is 48.2 Å². The maximum Gasteiger partial charge on any atom is 0.126 e. The van der Waals surface area contributed by atoms with Crippen molar-refractivity contribution in [1.82, 2.24) is 4.90 Å². The number of aliphatic hydroxyl groups is 2. The van der Waals surface area contributed by atoms with Crippen LogP contribution in [0.25, 0.3) is 0 Å². The summed E-state index contributed by atoms with van der Waals surface area (Å²) in [5.74, 6) is 1.49. The molecule has 0 bridgehead atoms. The van der Waals surface area contributed by atoms with E-state index >= 15 is 0 Å². The molecule has 2 N–H and O–H groups in total. The monoisotopic (exact) mass is 383 g/mol. The van der Waals surface area contributed by atoms with Crippen molar-refractivity contribution in [3.05, 3.63) is 59.2 Å². The zero-order valence-electron chi connectivity index (χ0n) is 16.6. The maximum absolute atomic E-state index is 10.7. The third-order valence-corrected chi connectivity index (χ3v) is 6.13. The van der Waals surface area contributed by atoms with Crippen LogP contribution in [0.5, 0.6) is 11.5 Å². The minimum Gasteiger partial charge on any atom is -0.497 e. The molecular formula is C23H29NO4.